The second-order valence-electron chi connectivity index (χ2n) is 13.3. The highest BCUT2D eigenvalue weighted by molar-refractivity contribution is 6.09. The van der Waals surface area contributed by atoms with Gasteiger partial charge in [0.05, 0.1) is 17.9 Å². The standard InChI is InChI=1S/C51H34N4/c1-3-16-36(17-4-1)41-22-7-8-23-42(41)43-24-9-10-27-46(43)51-53-49(37-18-5-2-6-19-37)52-50(54-51)38-32-30-35(31-33-38)39-20-15-21-40(34-39)55-47-28-13-11-25-44(47)45-26-12-14-29-48(45)55/h1-34H/i2D,5D,6D,18D,19D. The molecule has 10 aromatic rings. The van der Waals surface area contributed by atoms with Gasteiger partial charge in [0.1, 0.15) is 0 Å². The van der Waals surface area contributed by atoms with E-state index in [0.29, 0.717) is 22.8 Å². The van der Waals surface area contributed by atoms with Gasteiger partial charge in [0.15, 0.2) is 17.5 Å². The van der Waals surface area contributed by atoms with Gasteiger partial charge in [0.2, 0.25) is 0 Å². The summed E-state index contributed by atoms with van der Waals surface area (Å²) in [5, 5.41) is 2.40. The molecule has 8 aromatic carbocycles. The smallest absolute Gasteiger partial charge is 0.164 e. The fourth-order valence-electron chi connectivity index (χ4n) is 7.44. The van der Waals surface area contributed by atoms with Gasteiger partial charge in [0, 0.05) is 33.2 Å². The molecule has 0 saturated heterocycles. The Labute approximate surface area is 326 Å². The highest BCUT2D eigenvalue weighted by Crippen LogP contribution is 2.38. The fourth-order valence-corrected chi connectivity index (χ4v) is 7.44. The van der Waals surface area contributed by atoms with Gasteiger partial charge in [-0.3, -0.25) is 0 Å². The predicted molar refractivity (Wildman–Crippen MR) is 227 cm³/mol. The molecule has 0 radical (unpaired) electrons. The first-order valence-electron chi connectivity index (χ1n) is 20.6. The first kappa shape index (κ1) is 27.2. The summed E-state index contributed by atoms with van der Waals surface area (Å²) in [7, 11) is 0. The summed E-state index contributed by atoms with van der Waals surface area (Å²) in [5.41, 5.74) is 10.6. The summed E-state index contributed by atoms with van der Waals surface area (Å²) in [6, 6.07) is 57.3. The molecule has 0 aliphatic carbocycles. The van der Waals surface area contributed by atoms with Crippen molar-refractivity contribution in [2.45, 2.75) is 0 Å². The topological polar surface area (TPSA) is 43.6 Å². The molecule has 0 fully saturated rings. The first-order chi connectivity index (χ1) is 29.4. The zero-order valence-corrected chi connectivity index (χ0v) is 29.5. The van der Waals surface area contributed by atoms with Crippen LogP contribution in [0.25, 0.3) is 95.0 Å². The summed E-state index contributed by atoms with van der Waals surface area (Å²) >= 11 is 0. The van der Waals surface area contributed by atoms with Crippen LogP contribution in [0.1, 0.15) is 6.85 Å². The average Bonchev–Trinajstić information content (AvgIpc) is 3.65. The Morgan fingerprint density at radius 2 is 0.855 bits per heavy atom. The van der Waals surface area contributed by atoms with Crippen LogP contribution in [0.5, 0.6) is 0 Å². The predicted octanol–water partition coefficient (Wildman–Crippen LogP) is 13.0. The lowest BCUT2D eigenvalue weighted by Gasteiger charge is -2.15. The van der Waals surface area contributed by atoms with Crippen LogP contribution in [0.15, 0.2) is 206 Å². The molecule has 0 N–H and O–H groups in total. The highest BCUT2D eigenvalue weighted by atomic mass is 15.0. The Morgan fingerprint density at radius 1 is 0.345 bits per heavy atom. The van der Waals surface area contributed by atoms with Crippen LogP contribution in [0.3, 0.4) is 0 Å². The van der Waals surface area contributed by atoms with Crippen molar-refractivity contribution >= 4 is 21.8 Å². The highest BCUT2D eigenvalue weighted by Gasteiger charge is 2.18. The van der Waals surface area contributed by atoms with Crippen molar-refractivity contribution in [2.24, 2.45) is 0 Å². The Bertz CT molecular complexity index is 3190. The molecular weight excluding hydrogens is 669 g/mol. The van der Waals surface area contributed by atoms with Crippen molar-refractivity contribution in [1.29, 1.82) is 0 Å². The summed E-state index contributed by atoms with van der Waals surface area (Å²) < 4.78 is 45.1. The van der Waals surface area contributed by atoms with Gasteiger partial charge in [0.25, 0.3) is 0 Å². The molecule has 0 atom stereocenters. The zero-order valence-electron chi connectivity index (χ0n) is 34.5. The molecule has 0 saturated carbocycles. The van der Waals surface area contributed by atoms with Crippen LogP contribution in [-0.4, -0.2) is 19.5 Å². The number of hydrogen-bond acceptors (Lipinski definition) is 3. The van der Waals surface area contributed by atoms with Crippen LogP contribution in [0.4, 0.5) is 0 Å². The van der Waals surface area contributed by atoms with E-state index in [4.69, 9.17) is 21.8 Å². The van der Waals surface area contributed by atoms with E-state index >= 15 is 0 Å². The number of benzene rings is 8. The first-order valence-corrected chi connectivity index (χ1v) is 18.1. The van der Waals surface area contributed by atoms with Gasteiger partial charge in [-0.1, -0.05) is 182 Å². The Balaban J connectivity index is 1.11. The van der Waals surface area contributed by atoms with Crippen molar-refractivity contribution in [2.75, 3.05) is 0 Å². The number of para-hydroxylation sites is 2. The van der Waals surface area contributed by atoms with Crippen LogP contribution in [-0.2, 0) is 0 Å². The van der Waals surface area contributed by atoms with Crippen LogP contribution >= 0.6 is 0 Å². The van der Waals surface area contributed by atoms with Crippen molar-refractivity contribution in [3.63, 3.8) is 0 Å². The minimum Gasteiger partial charge on any atom is -0.309 e. The summed E-state index contributed by atoms with van der Waals surface area (Å²) in [6.07, 6.45) is 0. The van der Waals surface area contributed by atoms with Crippen molar-refractivity contribution in [1.82, 2.24) is 19.5 Å². The minimum atomic E-state index is -0.482. The summed E-state index contributed by atoms with van der Waals surface area (Å²) in [5.74, 6) is 0.600. The summed E-state index contributed by atoms with van der Waals surface area (Å²) in [6.45, 7) is 0. The molecule has 4 heteroatoms. The zero-order chi connectivity index (χ0) is 40.9. The molecule has 10 rings (SSSR count). The van der Waals surface area contributed by atoms with Gasteiger partial charge < -0.3 is 4.57 Å². The number of aromatic nitrogens is 4. The molecule has 2 heterocycles. The molecule has 55 heavy (non-hydrogen) atoms. The fraction of sp³-hybridized carbons (Fsp3) is 0. The lowest BCUT2D eigenvalue weighted by molar-refractivity contribution is 1.07. The molecule has 0 unspecified atom stereocenters. The maximum Gasteiger partial charge on any atom is 0.164 e. The van der Waals surface area contributed by atoms with Gasteiger partial charge in [-0.2, -0.15) is 0 Å². The monoisotopic (exact) mass is 707 g/mol. The largest absolute Gasteiger partial charge is 0.309 e. The lowest BCUT2D eigenvalue weighted by Crippen LogP contribution is -2.01. The molecule has 0 aliphatic heterocycles. The SMILES string of the molecule is [2H]c1c([2H])c([2H])c(-c2nc(-c3ccc(-c4cccc(-n5c6ccccc6c6ccccc65)c4)cc3)nc(-c3ccccc3-c3ccccc3-c3ccccc3)n2)c([2H])c1[2H]. The third kappa shape index (κ3) is 5.96. The number of fused-ring (bicyclic) bond motifs is 3. The van der Waals surface area contributed by atoms with E-state index in [2.05, 4.69) is 102 Å². The second kappa shape index (κ2) is 13.8. The normalized spacial score (nSPS) is 12.5. The Kier molecular flexibility index (Phi) is 6.85. The third-order valence-corrected chi connectivity index (χ3v) is 9.99. The van der Waals surface area contributed by atoms with Crippen molar-refractivity contribution in [3.05, 3.63) is 206 Å². The van der Waals surface area contributed by atoms with Crippen LogP contribution in [0.2, 0.25) is 0 Å². The minimum absolute atomic E-state index is 0.0129. The molecule has 0 spiro atoms. The molecule has 4 nitrogen and oxygen atoms in total. The van der Waals surface area contributed by atoms with Gasteiger partial charge in [-0.15, -0.1) is 0 Å². The Hall–Kier alpha value is -7.43. The number of rotatable bonds is 7. The molecule has 0 aliphatic rings. The van der Waals surface area contributed by atoms with Crippen LogP contribution in [0, 0.1) is 0 Å². The number of nitrogens with zero attached hydrogens (tertiary/aromatic N) is 4. The van der Waals surface area contributed by atoms with Crippen LogP contribution < -0.4 is 0 Å². The quantitative estimate of drug-likeness (QED) is 0.166. The van der Waals surface area contributed by atoms with E-state index in [0.717, 1.165) is 50.1 Å². The Morgan fingerprint density at radius 3 is 1.55 bits per heavy atom. The van der Waals surface area contributed by atoms with Gasteiger partial charge in [-0.05, 0) is 57.6 Å². The maximum absolute atomic E-state index is 8.83. The van der Waals surface area contributed by atoms with E-state index in [1.54, 1.807) is 0 Å². The maximum atomic E-state index is 8.83. The number of hydrogen-bond donors (Lipinski definition) is 0. The molecule has 0 bridgehead atoms. The molecule has 2 aromatic heterocycles. The van der Waals surface area contributed by atoms with E-state index in [9.17, 15) is 0 Å². The van der Waals surface area contributed by atoms with E-state index in [1.807, 2.05) is 78.9 Å². The summed E-state index contributed by atoms with van der Waals surface area (Å²) in [4.78, 5) is 14.7. The van der Waals surface area contributed by atoms with E-state index in [-0.39, 0.29) is 23.5 Å². The van der Waals surface area contributed by atoms with E-state index in [1.165, 1.54) is 10.8 Å². The molecular formula is C51H34N4. The second-order valence-corrected chi connectivity index (χ2v) is 13.3. The van der Waals surface area contributed by atoms with Crippen molar-refractivity contribution < 1.29 is 6.85 Å². The van der Waals surface area contributed by atoms with Gasteiger partial charge in [-0.25, -0.2) is 15.0 Å². The van der Waals surface area contributed by atoms with Crippen molar-refractivity contribution in [3.8, 4) is 73.2 Å². The molecule has 0 amide bonds. The van der Waals surface area contributed by atoms with Gasteiger partial charge >= 0.3 is 0 Å². The lowest BCUT2D eigenvalue weighted by atomic mass is 9.91. The average molecular weight is 708 g/mol. The third-order valence-electron chi connectivity index (χ3n) is 9.99. The molecule has 258 valence electrons. The van der Waals surface area contributed by atoms with E-state index < -0.39 is 18.1 Å².